The fourth-order valence-electron chi connectivity index (χ4n) is 4.35. The Morgan fingerprint density at radius 1 is 1.38 bits per heavy atom. The molecule has 26 heavy (non-hydrogen) atoms. The van der Waals surface area contributed by atoms with Crippen molar-refractivity contribution >= 4 is 6.03 Å². The van der Waals surface area contributed by atoms with Crippen LogP contribution in [-0.2, 0) is 11.8 Å². The zero-order valence-corrected chi connectivity index (χ0v) is 16.4. The molecule has 7 nitrogen and oxygen atoms in total. The van der Waals surface area contributed by atoms with E-state index in [1.807, 2.05) is 29.9 Å². The topological polar surface area (TPSA) is 62.6 Å². The van der Waals surface area contributed by atoms with Crippen molar-refractivity contribution in [3.05, 3.63) is 18.0 Å². The van der Waals surface area contributed by atoms with Crippen LogP contribution in [0.4, 0.5) is 4.79 Å². The van der Waals surface area contributed by atoms with E-state index in [0.29, 0.717) is 24.6 Å². The van der Waals surface area contributed by atoms with Crippen LogP contribution in [0.1, 0.15) is 43.7 Å². The SMILES string of the molecule is CN(C[C@@H]1CCCN(C)[C@H]1c1cnn(C)c1)C(=O)NCC[C@@H]1CCCO1. The van der Waals surface area contributed by atoms with Gasteiger partial charge in [0.2, 0.25) is 0 Å². The molecular formula is C19H33N5O2. The fourth-order valence-corrected chi connectivity index (χ4v) is 4.35. The second kappa shape index (κ2) is 8.86. The highest BCUT2D eigenvalue weighted by atomic mass is 16.5. The number of ether oxygens (including phenoxy) is 1. The number of urea groups is 1. The molecule has 0 radical (unpaired) electrons. The monoisotopic (exact) mass is 363 g/mol. The van der Waals surface area contributed by atoms with Crippen LogP contribution in [-0.4, -0.2) is 72.1 Å². The van der Waals surface area contributed by atoms with Gasteiger partial charge in [0, 0.05) is 51.6 Å². The third kappa shape index (κ3) is 4.76. The highest BCUT2D eigenvalue weighted by Crippen LogP contribution is 2.35. The smallest absolute Gasteiger partial charge is 0.317 e. The van der Waals surface area contributed by atoms with Gasteiger partial charge in [-0.05, 0) is 51.6 Å². The van der Waals surface area contributed by atoms with E-state index in [1.165, 1.54) is 12.0 Å². The molecule has 1 N–H and O–H groups in total. The van der Waals surface area contributed by atoms with E-state index in [4.69, 9.17) is 4.74 Å². The quantitative estimate of drug-likeness (QED) is 0.840. The number of carbonyl (C=O) groups excluding carboxylic acids is 1. The lowest BCUT2D eigenvalue weighted by molar-refractivity contribution is 0.0967. The van der Waals surface area contributed by atoms with E-state index in [-0.39, 0.29) is 6.03 Å². The van der Waals surface area contributed by atoms with Gasteiger partial charge in [0.1, 0.15) is 0 Å². The molecule has 1 aromatic heterocycles. The second-order valence-corrected chi connectivity index (χ2v) is 7.81. The number of likely N-dealkylation sites (tertiary alicyclic amines) is 1. The highest BCUT2D eigenvalue weighted by molar-refractivity contribution is 5.73. The molecular weight excluding hydrogens is 330 g/mol. The van der Waals surface area contributed by atoms with Crippen LogP contribution in [0.5, 0.6) is 0 Å². The van der Waals surface area contributed by atoms with Crippen LogP contribution >= 0.6 is 0 Å². The van der Waals surface area contributed by atoms with Crippen molar-refractivity contribution in [3.63, 3.8) is 0 Å². The van der Waals surface area contributed by atoms with Gasteiger partial charge in [-0.25, -0.2) is 4.79 Å². The summed E-state index contributed by atoms with van der Waals surface area (Å²) in [5.41, 5.74) is 1.24. The Balaban J connectivity index is 1.52. The molecule has 2 fully saturated rings. The van der Waals surface area contributed by atoms with Crippen molar-refractivity contribution in [2.24, 2.45) is 13.0 Å². The average molecular weight is 364 g/mol. The predicted molar refractivity (Wildman–Crippen MR) is 101 cm³/mol. The van der Waals surface area contributed by atoms with Crippen molar-refractivity contribution in [2.75, 3.05) is 40.3 Å². The molecule has 2 saturated heterocycles. The van der Waals surface area contributed by atoms with E-state index >= 15 is 0 Å². The standard InChI is InChI=1S/C19H33N5O2/c1-22-10-4-6-15(18(22)16-12-21-24(3)14-16)13-23(2)19(25)20-9-8-17-7-5-11-26-17/h12,14-15,17-18H,4-11,13H2,1-3H3,(H,20,25)/t15-,17-,18+/m0/s1. The van der Waals surface area contributed by atoms with Crippen molar-refractivity contribution in [2.45, 2.75) is 44.2 Å². The van der Waals surface area contributed by atoms with Gasteiger partial charge in [0.25, 0.3) is 0 Å². The first kappa shape index (κ1) is 19.2. The lowest BCUT2D eigenvalue weighted by Gasteiger charge is -2.40. The summed E-state index contributed by atoms with van der Waals surface area (Å²) in [5, 5.41) is 7.38. The number of hydrogen-bond acceptors (Lipinski definition) is 4. The van der Waals surface area contributed by atoms with Gasteiger partial charge in [0.15, 0.2) is 0 Å². The highest BCUT2D eigenvalue weighted by Gasteiger charge is 2.32. The van der Waals surface area contributed by atoms with E-state index in [0.717, 1.165) is 45.4 Å². The Morgan fingerprint density at radius 2 is 2.23 bits per heavy atom. The molecule has 0 spiro atoms. The van der Waals surface area contributed by atoms with Crippen LogP contribution in [0.15, 0.2) is 12.4 Å². The van der Waals surface area contributed by atoms with Crippen molar-refractivity contribution < 1.29 is 9.53 Å². The van der Waals surface area contributed by atoms with Crippen molar-refractivity contribution in [3.8, 4) is 0 Å². The zero-order chi connectivity index (χ0) is 18.5. The summed E-state index contributed by atoms with van der Waals surface area (Å²) < 4.78 is 7.47. The summed E-state index contributed by atoms with van der Waals surface area (Å²) in [6.45, 7) is 3.40. The molecule has 3 rings (SSSR count). The Labute approximate surface area is 156 Å². The number of aryl methyl sites for hydroxylation is 1. The third-order valence-corrected chi connectivity index (χ3v) is 5.70. The number of piperidine rings is 1. The number of carbonyl (C=O) groups is 1. The van der Waals surface area contributed by atoms with E-state index in [9.17, 15) is 4.79 Å². The maximum absolute atomic E-state index is 12.5. The van der Waals surface area contributed by atoms with Crippen molar-refractivity contribution in [1.29, 1.82) is 0 Å². The minimum atomic E-state index is 0.0150. The Hall–Kier alpha value is -1.60. The van der Waals surface area contributed by atoms with Gasteiger partial charge >= 0.3 is 6.03 Å². The summed E-state index contributed by atoms with van der Waals surface area (Å²) >= 11 is 0. The third-order valence-electron chi connectivity index (χ3n) is 5.70. The largest absolute Gasteiger partial charge is 0.378 e. The summed E-state index contributed by atoms with van der Waals surface area (Å²) in [6, 6.07) is 0.334. The molecule has 2 amide bonds. The van der Waals surface area contributed by atoms with Gasteiger partial charge in [-0.2, -0.15) is 5.10 Å². The summed E-state index contributed by atoms with van der Waals surface area (Å²) in [4.78, 5) is 16.7. The Bertz CT molecular complexity index is 584. The molecule has 3 atom stereocenters. The first-order chi connectivity index (χ1) is 12.5. The lowest BCUT2D eigenvalue weighted by atomic mass is 9.86. The second-order valence-electron chi connectivity index (χ2n) is 7.81. The van der Waals surface area contributed by atoms with E-state index in [2.05, 4.69) is 28.6 Å². The Morgan fingerprint density at radius 3 is 2.92 bits per heavy atom. The first-order valence-corrected chi connectivity index (χ1v) is 9.84. The summed E-state index contributed by atoms with van der Waals surface area (Å²) in [7, 11) is 6.02. The van der Waals surface area contributed by atoms with E-state index < -0.39 is 0 Å². The molecule has 1 aromatic rings. The molecule has 0 unspecified atom stereocenters. The zero-order valence-electron chi connectivity index (χ0n) is 16.4. The molecule has 0 saturated carbocycles. The van der Waals surface area contributed by atoms with Crippen LogP contribution in [0.2, 0.25) is 0 Å². The lowest BCUT2D eigenvalue weighted by Crippen LogP contribution is -2.45. The number of hydrogen-bond donors (Lipinski definition) is 1. The van der Waals surface area contributed by atoms with Gasteiger partial charge in [-0.3, -0.25) is 9.58 Å². The number of nitrogens with zero attached hydrogens (tertiary/aromatic N) is 4. The van der Waals surface area contributed by atoms with Crippen LogP contribution in [0.3, 0.4) is 0 Å². The molecule has 0 aliphatic carbocycles. The van der Waals surface area contributed by atoms with Crippen LogP contribution in [0.25, 0.3) is 0 Å². The minimum absolute atomic E-state index is 0.0150. The maximum Gasteiger partial charge on any atom is 0.317 e. The normalized spacial score (nSPS) is 26.8. The summed E-state index contributed by atoms with van der Waals surface area (Å²) in [6.07, 6.45) is 9.86. The van der Waals surface area contributed by atoms with Gasteiger partial charge in [-0.15, -0.1) is 0 Å². The molecule has 146 valence electrons. The number of nitrogens with one attached hydrogen (secondary N) is 1. The molecule has 7 heteroatoms. The predicted octanol–water partition coefficient (Wildman–Crippen LogP) is 2.01. The number of rotatable bonds is 6. The number of aromatic nitrogens is 2. The maximum atomic E-state index is 12.5. The summed E-state index contributed by atoms with van der Waals surface area (Å²) in [5.74, 6) is 0.423. The van der Waals surface area contributed by atoms with Crippen molar-refractivity contribution in [1.82, 2.24) is 24.9 Å². The molecule has 3 heterocycles. The average Bonchev–Trinajstić information content (AvgIpc) is 3.26. The fraction of sp³-hybridized carbons (Fsp3) is 0.789. The Kier molecular flexibility index (Phi) is 6.53. The van der Waals surface area contributed by atoms with Gasteiger partial charge in [0.05, 0.1) is 12.3 Å². The van der Waals surface area contributed by atoms with Gasteiger partial charge < -0.3 is 15.0 Å². The first-order valence-electron chi connectivity index (χ1n) is 9.84. The molecule has 2 aliphatic rings. The molecule has 0 aromatic carbocycles. The van der Waals surface area contributed by atoms with Crippen LogP contribution in [0, 0.1) is 5.92 Å². The molecule has 0 bridgehead atoms. The molecule has 2 aliphatic heterocycles. The van der Waals surface area contributed by atoms with E-state index in [1.54, 1.807) is 0 Å². The van der Waals surface area contributed by atoms with Gasteiger partial charge in [-0.1, -0.05) is 0 Å². The minimum Gasteiger partial charge on any atom is -0.378 e. The number of amides is 2. The van der Waals surface area contributed by atoms with Crippen LogP contribution < -0.4 is 5.32 Å².